The fourth-order valence-corrected chi connectivity index (χ4v) is 0.979. The molecular formula is C8H18N2O2. The van der Waals surface area contributed by atoms with Crippen molar-refractivity contribution >= 4 is 5.91 Å². The van der Waals surface area contributed by atoms with Crippen LogP contribution >= 0.6 is 0 Å². The van der Waals surface area contributed by atoms with Gasteiger partial charge in [0.1, 0.15) is 0 Å². The molecule has 0 heterocycles. The van der Waals surface area contributed by atoms with E-state index in [1.165, 1.54) is 0 Å². The van der Waals surface area contributed by atoms with Gasteiger partial charge < -0.3 is 15.4 Å². The maximum Gasteiger partial charge on any atom is 0.234 e. The quantitative estimate of drug-likeness (QED) is 0.604. The molecule has 0 radical (unpaired) electrons. The van der Waals surface area contributed by atoms with E-state index in [1.807, 2.05) is 13.8 Å². The Bertz CT molecular complexity index is 146. The van der Waals surface area contributed by atoms with Gasteiger partial charge in [-0.15, -0.1) is 0 Å². The normalized spacial score (nSPS) is 11.3. The molecule has 0 aromatic carbocycles. The Morgan fingerprint density at radius 3 is 2.50 bits per heavy atom. The molecule has 0 aromatic rings. The van der Waals surface area contributed by atoms with Gasteiger partial charge in [-0.05, 0) is 20.9 Å². The Balaban J connectivity index is 3.79. The molecule has 0 unspecified atom stereocenters. The fourth-order valence-electron chi connectivity index (χ4n) is 0.979. The zero-order chi connectivity index (χ0) is 9.61. The summed E-state index contributed by atoms with van der Waals surface area (Å²) in [6.45, 7) is 4.70. The monoisotopic (exact) mass is 174 g/mol. The number of nitrogens with one attached hydrogen (secondary N) is 2. The lowest BCUT2D eigenvalue weighted by Gasteiger charge is -2.25. The largest absolute Gasteiger partial charge is 0.382 e. The van der Waals surface area contributed by atoms with Gasteiger partial charge in [-0.3, -0.25) is 4.79 Å². The van der Waals surface area contributed by atoms with Crippen molar-refractivity contribution in [3.05, 3.63) is 0 Å². The lowest BCUT2D eigenvalue weighted by atomic mass is 10.1. The summed E-state index contributed by atoms with van der Waals surface area (Å²) in [4.78, 5) is 11.1. The topological polar surface area (TPSA) is 50.4 Å². The second kappa shape index (κ2) is 5.11. The van der Waals surface area contributed by atoms with Crippen molar-refractivity contribution in [2.24, 2.45) is 0 Å². The number of amides is 1. The number of carbonyl (C=O) groups is 1. The van der Waals surface area contributed by atoms with Gasteiger partial charge in [-0.1, -0.05) is 0 Å². The molecule has 0 aliphatic heterocycles. The number of ether oxygens (including phenoxy) is 1. The Hall–Kier alpha value is -0.610. The van der Waals surface area contributed by atoms with Gasteiger partial charge in [0.05, 0.1) is 18.7 Å². The first-order valence-electron chi connectivity index (χ1n) is 3.96. The number of methoxy groups -OCH3 is 1. The zero-order valence-corrected chi connectivity index (χ0v) is 8.23. The predicted molar refractivity (Wildman–Crippen MR) is 48.0 cm³/mol. The van der Waals surface area contributed by atoms with Gasteiger partial charge in [-0.25, -0.2) is 0 Å². The lowest BCUT2D eigenvalue weighted by Crippen LogP contribution is -2.49. The standard InChI is InChI=1S/C8H18N2O2/c1-8(2,6-12-4)10-7(11)5-9-3/h9H,5-6H2,1-4H3,(H,10,11). The molecule has 0 atom stereocenters. The van der Waals surface area contributed by atoms with E-state index >= 15 is 0 Å². The van der Waals surface area contributed by atoms with Crippen LogP contribution < -0.4 is 10.6 Å². The van der Waals surface area contributed by atoms with Gasteiger partial charge >= 0.3 is 0 Å². The van der Waals surface area contributed by atoms with E-state index in [0.29, 0.717) is 13.2 Å². The van der Waals surface area contributed by atoms with Gasteiger partial charge in [0, 0.05) is 7.11 Å². The molecule has 12 heavy (non-hydrogen) atoms. The summed E-state index contributed by atoms with van der Waals surface area (Å²) < 4.78 is 4.95. The minimum Gasteiger partial charge on any atom is -0.382 e. The first-order chi connectivity index (χ1) is 5.52. The first kappa shape index (κ1) is 11.4. The number of likely N-dealkylation sites (N-methyl/N-ethyl adjacent to an activating group) is 1. The van der Waals surface area contributed by atoms with Crippen molar-refractivity contribution in [2.75, 3.05) is 27.3 Å². The van der Waals surface area contributed by atoms with Crippen molar-refractivity contribution in [1.29, 1.82) is 0 Å². The zero-order valence-electron chi connectivity index (χ0n) is 8.23. The molecule has 0 saturated heterocycles. The summed E-state index contributed by atoms with van der Waals surface area (Å²) in [7, 11) is 3.36. The molecule has 0 saturated carbocycles. The average molecular weight is 174 g/mol. The van der Waals surface area contributed by atoms with Crippen LogP contribution in [0.1, 0.15) is 13.8 Å². The molecule has 72 valence electrons. The second-order valence-electron chi connectivity index (χ2n) is 3.40. The highest BCUT2D eigenvalue weighted by Gasteiger charge is 2.19. The van der Waals surface area contributed by atoms with Crippen molar-refractivity contribution in [3.8, 4) is 0 Å². The van der Waals surface area contributed by atoms with Crippen LogP contribution in [0.5, 0.6) is 0 Å². The number of hydrogen-bond acceptors (Lipinski definition) is 3. The third-order valence-electron chi connectivity index (χ3n) is 1.32. The Labute approximate surface area is 73.7 Å². The summed E-state index contributed by atoms with van der Waals surface area (Å²) in [6.07, 6.45) is 0. The summed E-state index contributed by atoms with van der Waals surface area (Å²) in [5.74, 6) is -0.0143. The maximum atomic E-state index is 11.1. The van der Waals surface area contributed by atoms with Gasteiger partial charge in [0.2, 0.25) is 5.91 Å². The Morgan fingerprint density at radius 2 is 2.08 bits per heavy atom. The Morgan fingerprint density at radius 1 is 1.50 bits per heavy atom. The van der Waals surface area contributed by atoms with E-state index < -0.39 is 0 Å². The molecule has 0 spiro atoms. The van der Waals surface area contributed by atoms with Crippen molar-refractivity contribution in [3.63, 3.8) is 0 Å². The lowest BCUT2D eigenvalue weighted by molar-refractivity contribution is -0.122. The molecule has 4 nitrogen and oxygen atoms in total. The van der Waals surface area contributed by atoms with Crippen molar-refractivity contribution in [2.45, 2.75) is 19.4 Å². The summed E-state index contributed by atoms with van der Waals surface area (Å²) in [5.41, 5.74) is -0.289. The third kappa shape index (κ3) is 5.09. The second-order valence-corrected chi connectivity index (χ2v) is 3.40. The van der Waals surface area contributed by atoms with E-state index in [2.05, 4.69) is 10.6 Å². The van der Waals surface area contributed by atoms with E-state index in [-0.39, 0.29) is 11.4 Å². The van der Waals surface area contributed by atoms with E-state index in [1.54, 1.807) is 14.2 Å². The van der Waals surface area contributed by atoms with Crippen LogP contribution in [0.25, 0.3) is 0 Å². The van der Waals surface area contributed by atoms with Crippen LogP contribution in [0.15, 0.2) is 0 Å². The molecule has 0 aliphatic rings. The average Bonchev–Trinajstić information content (AvgIpc) is 1.85. The van der Waals surface area contributed by atoms with Crippen LogP contribution in [0, 0.1) is 0 Å². The van der Waals surface area contributed by atoms with Crippen LogP contribution in [0.4, 0.5) is 0 Å². The molecule has 4 heteroatoms. The number of carbonyl (C=O) groups excluding carboxylic acids is 1. The highest BCUT2D eigenvalue weighted by Crippen LogP contribution is 2.00. The minimum atomic E-state index is -0.289. The maximum absolute atomic E-state index is 11.1. The van der Waals surface area contributed by atoms with E-state index in [0.717, 1.165) is 0 Å². The van der Waals surface area contributed by atoms with Gasteiger partial charge in [-0.2, -0.15) is 0 Å². The molecule has 2 N–H and O–H groups in total. The Kier molecular flexibility index (Phi) is 4.85. The summed E-state index contributed by atoms with van der Waals surface area (Å²) in [6, 6.07) is 0. The third-order valence-corrected chi connectivity index (χ3v) is 1.32. The van der Waals surface area contributed by atoms with Crippen LogP contribution in [0.2, 0.25) is 0 Å². The number of rotatable bonds is 5. The number of hydrogen-bond donors (Lipinski definition) is 2. The van der Waals surface area contributed by atoms with Crippen LogP contribution in [-0.2, 0) is 9.53 Å². The highest BCUT2D eigenvalue weighted by atomic mass is 16.5. The SMILES string of the molecule is CNCC(=O)NC(C)(C)COC. The van der Waals surface area contributed by atoms with Crippen LogP contribution in [-0.4, -0.2) is 38.8 Å². The molecule has 0 bridgehead atoms. The smallest absolute Gasteiger partial charge is 0.234 e. The van der Waals surface area contributed by atoms with Crippen LogP contribution in [0.3, 0.4) is 0 Å². The minimum absolute atomic E-state index is 0.0143. The molecule has 0 aromatic heterocycles. The molecule has 0 fully saturated rings. The summed E-state index contributed by atoms with van der Waals surface area (Å²) >= 11 is 0. The van der Waals surface area contributed by atoms with Crippen molar-refractivity contribution in [1.82, 2.24) is 10.6 Å². The van der Waals surface area contributed by atoms with Crippen molar-refractivity contribution < 1.29 is 9.53 Å². The predicted octanol–water partition coefficient (Wildman–Crippen LogP) is -0.253. The molecule has 1 amide bonds. The fraction of sp³-hybridized carbons (Fsp3) is 0.875. The van der Waals surface area contributed by atoms with Gasteiger partial charge in [0.15, 0.2) is 0 Å². The highest BCUT2D eigenvalue weighted by molar-refractivity contribution is 5.78. The van der Waals surface area contributed by atoms with E-state index in [9.17, 15) is 4.79 Å². The molecule has 0 rings (SSSR count). The summed E-state index contributed by atoms with van der Waals surface area (Å²) in [5, 5.41) is 5.61. The molecular weight excluding hydrogens is 156 g/mol. The van der Waals surface area contributed by atoms with E-state index in [4.69, 9.17) is 4.74 Å². The molecule has 0 aliphatic carbocycles. The first-order valence-corrected chi connectivity index (χ1v) is 3.96. The van der Waals surface area contributed by atoms with Gasteiger partial charge in [0.25, 0.3) is 0 Å².